The maximum atomic E-state index is 6.34. The van der Waals surface area contributed by atoms with E-state index in [0.29, 0.717) is 24.2 Å². The van der Waals surface area contributed by atoms with E-state index < -0.39 is 16.6 Å². The van der Waals surface area contributed by atoms with Crippen molar-refractivity contribution in [2.24, 2.45) is 33.7 Å². The summed E-state index contributed by atoms with van der Waals surface area (Å²) in [4.78, 5) is 11.6. The highest BCUT2D eigenvalue weighted by molar-refractivity contribution is 6.70. The smallest absolute Gasteiger partial charge is 0.183 e. The van der Waals surface area contributed by atoms with Gasteiger partial charge in [0.1, 0.15) is 0 Å². The van der Waals surface area contributed by atoms with Crippen molar-refractivity contribution in [3.05, 3.63) is 0 Å². The lowest BCUT2D eigenvalue weighted by Crippen LogP contribution is -2.51. The Morgan fingerprint density at radius 2 is 0.870 bits per heavy atom. The molecule has 3 rings (SSSR count). The zero-order chi connectivity index (χ0) is 33.7. The zero-order valence-electron chi connectivity index (χ0n) is 32.3. The number of rotatable bonds is 18. The maximum absolute atomic E-state index is 6.34. The molecule has 0 aromatic carbocycles. The summed E-state index contributed by atoms with van der Waals surface area (Å²) in [6.07, 6.45) is 21.1. The second kappa shape index (κ2) is 19.7. The van der Waals surface area contributed by atoms with Crippen molar-refractivity contribution in [3.63, 3.8) is 0 Å². The Kier molecular flexibility index (Phi) is 17.2. The van der Waals surface area contributed by atoms with Gasteiger partial charge in [0.05, 0.1) is 12.1 Å². The lowest BCUT2D eigenvalue weighted by Gasteiger charge is -2.39. The van der Waals surface area contributed by atoms with Crippen LogP contribution in [0.25, 0.3) is 0 Å². The molecule has 1 aliphatic heterocycles. The first-order chi connectivity index (χ1) is 21.9. The van der Waals surface area contributed by atoms with E-state index >= 15 is 0 Å². The van der Waals surface area contributed by atoms with Gasteiger partial charge in [-0.1, -0.05) is 66.2 Å². The van der Waals surface area contributed by atoms with Gasteiger partial charge in [-0.3, -0.25) is 9.98 Å². The molecule has 2 saturated carbocycles. The van der Waals surface area contributed by atoms with Crippen LogP contribution in [-0.4, -0.2) is 65.4 Å². The summed E-state index contributed by atoms with van der Waals surface area (Å²) in [5.41, 5.74) is 2.90. The van der Waals surface area contributed by atoms with Gasteiger partial charge in [0.2, 0.25) is 0 Å². The van der Waals surface area contributed by atoms with Crippen LogP contribution in [0.3, 0.4) is 0 Å². The molecule has 0 aromatic rings. The molecule has 46 heavy (non-hydrogen) atoms. The van der Waals surface area contributed by atoms with Gasteiger partial charge in [0.25, 0.3) is 0 Å². The van der Waals surface area contributed by atoms with Crippen LogP contribution in [0.1, 0.15) is 137 Å². The van der Waals surface area contributed by atoms with Crippen molar-refractivity contribution in [3.8, 4) is 0 Å². The van der Waals surface area contributed by atoms with Gasteiger partial charge >= 0.3 is 0 Å². The van der Waals surface area contributed by atoms with Gasteiger partial charge in [-0.25, -0.2) is 0 Å². The molecule has 0 bridgehead atoms. The Bertz CT molecular complexity index is 831. The minimum absolute atomic E-state index is 0.362. The van der Waals surface area contributed by atoms with E-state index in [1.807, 2.05) is 0 Å². The average Bonchev–Trinajstić information content (AvgIpc) is 3.02. The molecule has 3 aliphatic rings. The molecule has 0 radical (unpaired) electrons. The molecule has 0 spiro atoms. The first-order valence-electron chi connectivity index (χ1n) is 20.1. The molecule has 5 nitrogen and oxygen atoms in total. The summed E-state index contributed by atoms with van der Waals surface area (Å²) in [6.45, 7) is 25.2. The molecule has 3 fully saturated rings. The summed E-state index contributed by atoms with van der Waals surface area (Å²) in [6, 6.07) is 1.70. The Labute approximate surface area is 288 Å². The van der Waals surface area contributed by atoms with E-state index in [1.54, 1.807) is 0 Å². The molecule has 7 heteroatoms. The fourth-order valence-electron chi connectivity index (χ4n) is 8.71. The standard InChI is InChI=1S/C39H77N3O2Si2/c1-11-30-20-15-21-31(12-2)38(30)41-36(26-18-28-43-45(5,6)7)34-24-17-25-35(40-34)37(27-19-29-44-46(8,9)10)42-39-32(13-3)22-16-23-33(39)14-4/h30-35,38-40H,11-29H2,1-10H3. The summed E-state index contributed by atoms with van der Waals surface area (Å²) in [7, 11) is -3.03. The van der Waals surface area contributed by atoms with Gasteiger partial charge in [0.15, 0.2) is 16.6 Å². The highest BCUT2D eigenvalue weighted by Gasteiger charge is 2.36. The summed E-state index contributed by atoms with van der Waals surface area (Å²) in [5, 5.41) is 4.25. The number of nitrogens with zero attached hydrogens (tertiary/aromatic N) is 2. The van der Waals surface area contributed by atoms with Crippen molar-refractivity contribution in [1.82, 2.24) is 5.32 Å². The Hall–Kier alpha value is -0.346. The number of hydrogen-bond acceptors (Lipinski definition) is 5. The van der Waals surface area contributed by atoms with Crippen molar-refractivity contribution in [2.75, 3.05) is 13.2 Å². The van der Waals surface area contributed by atoms with Crippen LogP contribution < -0.4 is 5.32 Å². The minimum atomic E-state index is -1.52. The topological polar surface area (TPSA) is 55.2 Å². The first-order valence-corrected chi connectivity index (χ1v) is 26.9. The quantitative estimate of drug-likeness (QED) is 0.0893. The molecular formula is C39H77N3O2Si2. The average molecular weight is 676 g/mol. The zero-order valence-corrected chi connectivity index (χ0v) is 34.3. The predicted octanol–water partition coefficient (Wildman–Crippen LogP) is 10.9. The van der Waals surface area contributed by atoms with Crippen LogP contribution in [0.5, 0.6) is 0 Å². The number of aliphatic imine (C=N–C) groups is 2. The molecule has 0 amide bonds. The van der Waals surface area contributed by atoms with Crippen LogP contribution in [-0.2, 0) is 8.85 Å². The van der Waals surface area contributed by atoms with E-state index in [2.05, 4.69) is 72.3 Å². The lowest BCUT2D eigenvalue weighted by atomic mass is 9.74. The molecule has 0 aromatic heterocycles. The Balaban J connectivity index is 1.89. The van der Waals surface area contributed by atoms with Crippen LogP contribution in [0, 0.1) is 23.7 Å². The molecule has 1 saturated heterocycles. The molecule has 6 unspecified atom stereocenters. The Morgan fingerprint density at radius 1 is 0.543 bits per heavy atom. The molecule has 1 N–H and O–H groups in total. The fraction of sp³-hybridized carbons (Fsp3) is 0.949. The Morgan fingerprint density at radius 3 is 1.17 bits per heavy atom. The van der Waals surface area contributed by atoms with E-state index in [1.165, 1.54) is 94.9 Å². The summed E-state index contributed by atoms with van der Waals surface area (Å²) < 4.78 is 12.7. The second-order valence-corrected chi connectivity index (χ2v) is 26.1. The predicted molar refractivity (Wildman–Crippen MR) is 207 cm³/mol. The number of nitrogens with one attached hydrogen (secondary N) is 1. The van der Waals surface area contributed by atoms with Crippen molar-refractivity contribution >= 4 is 28.1 Å². The van der Waals surface area contributed by atoms with E-state index in [-0.39, 0.29) is 0 Å². The van der Waals surface area contributed by atoms with Gasteiger partial charge in [-0.05, 0) is 134 Å². The van der Waals surface area contributed by atoms with Gasteiger partial charge in [0, 0.05) is 36.7 Å². The number of piperidine rings is 1. The van der Waals surface area contributed by atoms with Gasteiger partial charge < -0.3 is 14.2 Å². The van der Waals surface area contributed by atoms with Crippen LogP contribution in [0.4, 0.5) is 0 Å². The fourth-order valence-corrected chi connectivity index (χ4v) is 10.2. The normalized spacial score (nSPS) is 32.1. The van der Waals surface area contributed by atoms with Crippen LogP contribution in [0.2, 0.25) is 39.3 Å². The third-order valence-corrected chi connectivity index (χ3v) is 13.5. The van der Waals surface area contributed by atoms with E-state index in [4.69, 9.17) is 18.8 Å². The minimum Gasteiger partial charge on any atom is -0.418 e. The lowest BCUT2D eigenvalue weighted by molar-refractivity contribution is 0.210. The van der Waals surface area contributed by atoms with Crippen LogP contribution >= 0.6 is 0 Å². The van der Waals surface area contributed by atoms with Gasteiger partial charge in [-0.15, -0.1) is 0 Å². The van der Waals surface area contributed by atoms with E-state index in [0.717, 1.165) is 62.6 Å². The van der Waals surface area contributed by atoms with Crippen molar-refractivity contribution < 1.29 is 8.85 Å². The molecule has 2 aliphatic carbocycles. The van der Waals surface area contributed by atoms with Crippen LogP contribution in [0.15, 0.2) is 9.98 Å². The molecule has 268 valence electrons. The highest BCUT2D eigenvalue weighted by atomic mass is 28.4. The monoisotopic (exact) mass is 676 g/mol. The van der Waals surface area contributed by atoms with Crippen molar-refractivity contribution in [2.45, 2.75) is 200 Å². The van der Waals surface area contributed by atoms with Crippen molar-refractivity contribution in [1.29, 1.82) is 0 Å². The number of hydrogen-bond donors (Lipinski definition) is 1. The summed E-state index contributed by atoms with van der Waals surface area (Å²) >= 11 is 0. The maximum Gasteiger partial charge on any atom is 0.183 e. The molecule has 6 atom stereocenters. The SMILES string of the molecule is CCC1CCCC(CC)C1N=C(CCCO[Si](C)(C)C)C1CCCC(C(CCCO[Si](C)(C)C)=NC2C(CC)CCCC2CC)N1. The third-order valence-electron chi connectivity index (χ3n) is 11.4. The second-order valence-electron chi connectivity index (χ2n) is 17.1. The first kappa shape index (κ1) is 40.1. The van der Waals surface area contributed by atoms with Gasteiger partial charge in [-0.2, -0.15) is 0 Å². The summed E-state index contributed by atoms with van der Waals surface area (Å²) in [5.74, 6) is 2.94. The largest absolute Gasteiger partial charge is 0.418 e. The third kappa shape index (κ3) is 13.2. The van der Waals surface area contributed by atoms with E-state index in [9.17, 15) is 0 Å². The molecule has 1 heterocycles. The highest BCUT2D eigenvalue weighted by Crippen LogP contribution is 2.38. The molecular weight excluding hydrogens is 599 g/mol.